The lowest BCUT2D eigenvalue weighted by Gasteiger charge is -2.74. The minimum absolute atomic E-state index is 0.0213. The summed E-state index contributed by atoms with van der Waals surface area (Å²) in [5, 5.41) is 82.7. The molecule has 4 fully saturated rings. The van der Waals surface area contributed by atoms with Crippen LogP contribution in [0.1, 0.15) is 70.5 Å². The van der Waals surface area contributed by atoms with Crippen molar-refractivity contribution in [2.45, 2.75) is 70.8 Å². The third-order valence-electron chi connectivity index (χ3n) is 31.0. The fourth-order valence-electron chi connectivity index (χ4n) is 31.8. The summed E-state index contributed by atoms with van der Waals surface area (Å²) in [5.41, 5.74) is 11.2. The van der Waals surface area contributed by atoms with E-state index < -0.39 is 32.9 Å². The number of fused-ring (bicyclic) bond motifs is 4. The Morgan fingerprint density at radius 1 is 0.263 bits per heavy atom. The Morgan fingerprint density at radius 2 is 0.487 bits per heavy atom. The average molecular weight is 987 g/mol. The molecular formula is C76H14N2O2. The van der Waals surface area contributed by atoms with E-state index >= 15 is 0 Å². The van der Waals surface area contributed by atoms with E-state index in [0.717, 1.165) is 48.1 Å². The van der Waals surface area contributed by atoms with Gasteiger partial charge in [0, 0.05) is 0 Å². The second-order valence-electron chi connectivity index (χ2n) is 30.5. The molecule has 4 nitrogen and oxygen atoms in total. The van der Waals surface area contributed by atoms with Crippen molar-refractivity contribution in [1.82, 2.24) is 9.97 Å². The number of benzene rings is 18. The number of rotatable bonds is 0. The second kappa shape index (κ2) is 6.63. The predicted octanol–water partition coefficient (Wildman–Crippen LogP) is 17.6. The molecule has 6 spiro atoms. The molecule has 8 atom stereocenters. The fraction of sp³-hybridized carbons (Fsp3) is 0.158. The average Bonchev–Trinajstić information content (AvgIpc) is 1.37. The molecule has 340 valence electrons. The Labute approximate surface area is 437 Å². The highest BCUT2D eigenvalue weighted by molar-refractivity contribution is 6.81. The van der Waals surface area contributed by atoms with Crippen LogP contribution < -0.4 is 0 Å². The molecule has 4 bridgehead atoms. The van der Waals surface area contributed by atoms with E-state index in [4.69, 9.17) is 19.4 Å². The van der Waals surface area contributed by atoms with Crippen LogP contribution in [0.25, 0.3) is 280 Å². The summed E-state index contributed by atoms with van der Waals surface area (Å²) in [6.07, 6.45) is 3.96. The zero-order valence-electron chi connectivity index (χ0n) is 41.0. The highest BCUT2D eigenvalue weighted by Crippen LogP contribution is 3.00. The molecular weight excluding hydrogens is 973 g/mol. The largest absolute Gasteiger partial charge is 0.363 e. The number of nitrogens with zero attached hydrogens (tertiary/aromatic N) is 2. The van der Waals surface area contributed by atoms with Crippen LogP contribution in [0.15, 0.2) is 24.3 Å². The van der Waals surface area contributed by atoms with Gasteiger partial charge < -0.3 is 9.47 Å². The maximum absolute atomic E-state index is 8.93. The molecule has 80 heavy (non-hydrogen) atoms. The molecule has 4 heteroatoms. The number of aromatic nitrogens is 2. The van der Waals surface area contributed by atoms with Crippen molar-refractivity contribution in [2.75, 3.05) is 0 Å². The summed E-state index contributed by atoms with van der Waals surface area (Å²) < 4.78 is 17.9. The van der Waals surface area contributed by atoms with Crippen LogP contribution >= 0.6 is 0 Å². The quantitative estimate of drug-likeness (QED) is 0.142. The van der Waals surface area contributed by atoms with Crippen LogP contribution in [-0.2, 0) is 42.3 Å². The summed E-state index contributed by atoms with van der Waals surface area (Å²) >= 11 is 0. The van der Waals surface area contributed by atoms with Gasteiger partial charge in [-0.25, -0.2) is 9.97 Å². The van der Waals surface area contributed by atoms with Crippen LogP contribution in [0, 0.1) is 0 Å². The van der Waals surface area contributed by atoms with Gasteiger partial charge in [0.05, 0.1) is 56.3 Å². The molecule has 11 aliphatic rings. The Balaban J connectivity index is 1.08. The Morgan fingerprint density at radius 3 is 0.762 bits per heavy atom. The number of hydrogen-bond donors (Lipinski definition) is 0. The summed E-state index contributed by atoms with van der Waals surface area (Å²) in [5.74, 6) is 0. The van der Waals surface area contributed by atoms with Gasteiger partial charge in [0.15, 0.2) is 0 Å². The molecule has 28 aromatic rings. The van der Waals surface area contributed by atoms with Crippen LogP contribution in [0.2, 0.25) is 0 Å². The van der Waals surface area contributed by atoms with E-state index in [-0.39, 0.29) is 12.2 Å². The van der Waals surface area contributed by atoms with Crippen LogP contribution in [0.5, 0.6) is 0 Å². The Kier molecular flexibility index (Phi) is 2.48. The third kappa shape index (κ3) is 1.49. The maximum atomic E-state index is 8.93. The standard InChI is InChI=1S/C76H14N2O2/c1-2-4-10-9(3-1)77-69-70(78-10)72-8-6-12(80-72)74-64-55-48-40-31-23-16-14-13-15-17-18(16)25-29(23)42(48)50-44-33(25)32-24(17)28-22(15)30-26-19(13)21-20(14)27(31)36-38-34(21)37-35(26)45-39(30)47-41(28)49-43(32)53(44)62-65-58(49)54(47)63-56(45)60-51(37)52(38)61(57(64)46(36)40)68(74)67(60)73(63)11-5-7-71(69,79-11)75(65,73)76(72,74)66(62)59(50)55/h1-4,11-12H,5-8H2/t11-,12+,71-,72+,73?,74?,75?,76?. The van der Waals surface area contributed by atoms with Crippen molar-refractivity contribution < 1.29 is 9.47 Å². The summed E-state index contributed by atoms with van der Waals surface area (Å²) in [7, 11) is 0. The van der Waals surface area contributed by atoms with Gasteiger partial charge in [0.2, 0.25) is 0 Å². The van der Waals surface area contributed by atoms with Gasteiger partial charge in [-0.15, -0.1) is 0 Å². The van der Waals surface area contributed by atoms with Crippen LogP contribution in [-0.4, -0.2) is 22.2 Å². The van der Waals surface area contributed by atoms with Crippen LogP contribution in [0.3, 0.4) is 0 Å². The third-order valence-corrected chi connectivity index (χ3v) is 31.0. The number of hydrogen-bond acceptors (Lipinski definition) is 4. The van der Waals surface area contributed by atoms with E-state index in [1.807, 2.05) is 0 Å². The highest BCUT2D eigenvalue weighted by atomic mass is 16.5. The summed E-state index contributed by atoms with van der Waals surface area (Å²) in [4.78, 5) is 12.5. The first kappa shape index (κ1) is 30.0. The van der Waals surface area contributed by atoms with Gasteiger partial charge in [0.25, 0.3) is 0 Å². The first-order valence-electron chi connectivity index (χ1n) is 30.5. The van der Waals surface area contributed by atoms with E-state index in [2.05, 4.69) is 24.3 Å². The van der Waals surface area contributed by atoms with Gasteiger partial charge in [-0.05, 0) is 341 Å². The van der Waals surface area contributed by atoms with E-state index in [9.17, 15) is 0 Å². The van der Waals surface area contributed by atoms with E-state index in [0.29, 0.717) is 0 Å². The minimum Gasteiger partial charge on any atom is -0.363 e. The van der Waals surface area contributed by atoms with Gasteiger partial charge in [-0.3, -0.25) is 0 Å². The monoisotopic (exact) mass is 986 g/mol. The molecule has 0 saturated carbocycles. The van der Waals surface area contributed by atoms with Crippen molar-refractivity contribution in [2.24, 2.45) is 0 Å². The topological polar surface area (TPSA) is 44.2 Å². The summed E-state index contributed by atoms with van der Waals surface area (Å²) in [6.45, 7) is 0. The zero-order chi connectivity index (χ0) is 47.3. The fourth-order valence-corrected chi connectivity index (χ4v) is 31.8. The minimum atomic E-state index is -0.739. The molecule has 27 aromatic carbocycles. The number of ether oxygens (including phenoxy) is 2. The maximum Gasteiger partial charge on any atom is 0.124 e. The SMILES string of the molecule is c1ccc2nc3c(nc2c1)[C@]12CC[C@H](O1)C14c5c6c7c8c9c%10c%11c%12c%13c(c%14c%15c1c1c5c5c7c7c%16c8c8c%10c%10c%11c%11c%13c%13c%14c%14c%15c%15c1c1c5c7c5c7c1c%15c1c%14c%14c%13c%11c%11c%10c%10c8c%16c5c5c%10c%11c%14c1c75)C42C%121C69[C@H]2CC[C@@]31O2. The lowest BCUT2D eigenvalue weighted by atomic mass is 9.23. The lowest BCUT2D eigenvalue weighted by molar-refractivity contribution is -0.145. The normalized spacial score (nSPS) is 33.0. The molecule has 4 saturated heterocycles. The molecule has 1 aromatic heterocycles. The smallest absolute Gasteiger partial charge is 0.124 e. The molecule has 0 N–H and O–H groups in total. The molecule has 4 aliphatic heterocycles. The number of para-hydroxylation sites is 2. The van der Waals surface area contributed by atoms with Crippen LogP contribution in [0.4, 0.5) is 0 Å². The molecule has 39 rings (SSSR count). The van der Waals surface area contributed by atoms with Crippen molar-refractivity contribution in [1.29, 1.82) is 0 Å². The van der Waals surface area contributed by atoms with Gasteiger partial charge in [0.1, 0.15) is 11.2 Å². The van der Waals surface area contributed by atoms with E-state index in [1.54, 1.807) is 303 Å². The molecule has 7 aliphatic carbocycles. The Hall–Kier alpha value is -8.80. The van der Waals surface area contributed by atoms with Crippen molar-refractivity contribution in [3.05, 3.63) is 69.0 Å². The molecule has 0 amide bonds. The summed E-state index contributed by atoms with van der Waals surface area (Å²) in [6, 6.07) is 8.92. The molecule has 4 unspecified atom stereocenters. The van der Waals surface area contributed by atoms with E-state index in [1.165, 1.54) is 0 Å². The second-order valence-corrected chi connectivity index (χ2v) is 30.5. The first-order valence-corrected chi connectivity index (χ1v) is 30.5. The van der Waals surface area contributed by atoms with Crippen molar-refractivity contribution in [3.8, 4) is 0 Å². The van der Waals surface area contributed by atoms with Gasteiger partial charge in [-0.2, -0.15) is 0 Å². The Bertz CT molecular complexity index is 7880. The van der Waals surface area contributed by atoms with Crippen molar-refractivity contribution >= 4 is 280 Å². The van der Waals surface area contributed by atoms with Crippen molar-refractivity contribution in [3.63, 3.8) is 0 Å². The molecule has 0 radical (unpaired) electrons. The highest BCUT2D eigenvalue weighted by Gasteiger charge is 3.02. The first-order chi connectivity index (χ1) is 39.8. The molecule has 5 heterocycles. The van der Waals surface area contributed by atoms with Gasteiger partial charge in [-0.1, -0.05) is 12.1 Å². The lowest BCUT2D eigenvalue weighted by Crippen LogP contribution is -2.83. The zero-order valence-corrected chi connectivity index (χ0v) is 41.0. The van der Waals surface area contributed by atoms with Gasteiger partial charge >= 0.3 is 0 Å². The predicted molar refractivity (Wildman–Crippen MR) is 320 cm³/mol.